The van der Waals surface area contributed by atoms with Gasteiger partial charge in [0.15, 0.2) is 0 Å². The van der Waals surface area contributed by atoms with E-state index >= 15 is 0 Å². The van der Waals surface area contributed by atoms with Crippen LogP contribution < -0.4 is 10.2 Å². The first kappa shape index (κ1) is 13.8. The number of hydrogen-bond acceptors (Lipinski definition) is 4. The van der Waals surface area contributed by atoms with Crippen molar-refractivity contribution in [3.63, 3.8) is 0 Å². The lowest BCUT2D eigenvalue weighted by molar-refractivity contribution is 0.212. The molecule has 1 atom stereocenters. The molecule has 1 saturated carbocycles. The van der Waals surface area contributed by atoms with Gasteiger partial charge in [-0.3, -0.25) is 4.90 Å². The van der Waals surface area contributed by atoms with Gasteiger partial charge in [-0.1, -0.05) is 13.0 Å². The van der Waals surface area contributed by atoms with Crippen LogP contribution in [0.4, 0.5) is 5.82 Å². The Morgan fingerprint density at radius 2 is 2.20 bits per heavy atom. The summed E-state index contributed by atoms with van der Waals surface area (Å²) < 4.78 is 0. The molecule has 4 heteroatoms. The fourth-order valence-corrected chi connectivity index (χ4v) is 2.97. The highest BCUT2D eigenvalue weighted by Crippen LogP contribution is 2.24. The molecule has 1 aromatic rings. The van der Waals surface area contributed by atoms with E-state index in [4.69, 9.17) is 0 Å². The van der Waals surface area contributed by atoms with Crippen LogP contribution >= 0.6 is 0 Å². The number of piperazine rings is 1. The van der Waals surface area contributed by atoms with Crippen LogP contribution in [-0.4, -0.2) is 48.6 Å². The Kier molecular flexibility index (Phi) is 4.22. The molecule has 1 aromatic heterocycles. The summed E-state index contributed by atoms with van der Waals surface area (Å²) in [5.74, 6) is 1.19. The molecule has 0 bridgehead atoms. The van der Waals surface area contributed by atoms with Crippen molar-refractivity contribution in [2.24, 2.45) is 0 Å². The standard InChI is InChI=1S/C16H26N4/c1-3-15-12-20(10-9-19(15)2)16-13(5-4-8-17-16)11-18-14-6-7-14/h4-5,8,14-15,18H,3,6-7,9-12H2,1-2H3. The molecule has 0 spiro atoms. The monoisotopic (exact) mass is 274 g/mol. The van der Waals surface area contributed by atoms with Gasteiger partial charge in [0.25, 0.3) is 0 Å². The highest BCUT2D eigenvalue weighted by molar-refractivity contribution is 5.47. The summed E-state index contributed by atoms with van der Waals surface area (Å²) in [5, 5.41) is 3.61. The first-order valence-corrected chi connectivity index (χ1v) is 7.90. The number of nitrogens with zero attached hydrogens (tertiary/aromatic N) is 3. The summed E-state index contributed by atoms with van der Waals surface area (Å²) in [7, 11) is 2.24. The molecule has 1 saturated heterocycles. The molecule has 1 unspecified atom stereocenters. The Balaban J connectivity index is 1.71. The predicted molar refractivity (Wildman–Crippen MR) is 83.0 cm³/mol. The number of hydrogen-bond donors (Lipinski definition) is 1. The maximum Gasteiger partial charge on any atom is 0.133 e. The summed E-state index contributed by atoms with van der Waals surface area (Å²) in [4.78, 5) is 9.61. The lowest BCUT2D eigenvalue weighted by Crippen LogP contribution is -2.51. The first-order valence-electron chi connectivity index (χ1n) is 7.90. The van der Waals surface area contributed by atoms with E-state index in [1.165, 1.54) is 30.6 Å². The van der Waals surface area contributed by atoms with Gasteiger partial charge in [-0.2, -0.15) is 0 Å². The highest BCUT2D eigenvalue weighted by Gasteiger charge is 2.26. The second kappa shape index (κ2) is 6.10. The molecule has 1 aliphatic heterocycles. The molecule has 4 nitrogen and oxygen atoms in total. The number of anilines is 1. The maximum atomic E-state index is 4.66. The Morgan fingerprint density at radius 1 is 1.35 bits per heavy atom. The summed E-state index contributed by atoms with van der Waals surface area (Å²) in [6, 6.07) is 5.67. The molecule has 0 radical (unpaired) electrons. The van der Waals surface area contributed by atoms with Crippen LogP contribution in [0.1, 0.15) is 31.7 Å². The molecule has 20 heavy (non-hydrogen) atoms. The van der Waals surface area contributed by atoms with E-state index in [-0.39, 0.29) is 0 Å². The van der Waals surface area contributed by atoms with Crippen molar-refractivity contribution in [3.8, 4) is 0 Å². The second-order valence-corrected chi connectivity index (χ2v) is 6.13. The summed E-state index contributed by atoms with van der Waals surface area (Å²) in [6.45, 7) is 6.54. The minimum absolute atomic E-state index is 0.648. The van der Waals surface area contributed by atoms with Crippen LogP contribution in [0.2, 0.25) is 0 Å². The average Bonchev–Trinajstić information content (AvgIpc) is 3.30. The van der Waals surface area contributed by atoms with E-state index < -0.39 is 0 Å². The quantitative estimate of drug-likeness (QED) is 0.888. The molecule has 110 valence electrons. The van der Waals surface area contributed by atoms with Crippen LogP contribution in [0.5, 0.6) is 0 Å². The van der Waals surface area contributed by atoms with Crippen molar-refractivity contribution in [1.82, 2.24) is 15.2 Å². The Labute approximate surface area is 122 Å². The zero-order chi connectivity index (χ0) is 13.9. The third-order valence-corrected chi connectivity index (χ3v) is 4.57. The average molecular weight is 274 g/mol. The third-order valence-electron chi connectivity index (χ3n) is 4.57. The van der Waals surface area contributed by atoms with E-state index in [0.29, 0.717) is 6.04 Å². The van der Waals surface area contributed by atoms with Crippen LogP contribution in [0, 0.1) is 0 Å². The van der Waals surface area contributed by atoms with E-state index in [2.05, 4.69) is 46.2 Å². The number of rotatable bonds is 5. The van der Waals surface area contributed by atoms with Gasteiger partial charge in [0.1, 0.15) is 5.82 Å². The smallest absolute Gasteiger partial charge is 0.133 e. The van der Waals surface area contributed by atoms with Gasteiger partial charge < -0.3 is 10.2 Å². The lowest BCUT2D eigenvalue weighted by atomic mass is 10.1. The number of nitrogens with one attached hydrogen (secondary N) is 1. The topological polar surface area (TPSA) is 31.4 Å². The number of pyridine rings is 1. The second-order valence-electron chi connectivity index (χ2n) is 6.13. The van der Waals surface area contributed by atoms with Gasteiger partial charge in [-0.25, -0.2) is 4.98 Å². The highest BCUT2D eigenvalue weighted by atomic mass is 15.3. The van der Waals surface area contributed by atoms with Gasteiger partial charge in [0.2, 0.25) is 0 Å². The van der Waals surface area contributed by atoms with Crippen molar-refractivity contribution >= 4 is 5.82 Å². The van der Waals surface area contributed by atoms with Crippen molar-refractivity contribution in [1.29, 1.82) is 0 Å². The fraction of sp³-hybridized carbons (Fsp3) is 0.688. The van der Waals surface area contributed by atoms with Crippen LogP contribution in [0.3, 0.4) is 0 Å². The molecule has 0 aromatic carbocycles. The Bertz CT molecular complexity index is 444. The van der Waals surface area contributed by atoms with Gasteiger partial charge in [-0.15, -0.1) is 0 Å². The molecule has 2 heterocycles. The molecule has 3 rings (SSSR count). The fourth-order valence-electron chi connectivity index (χ4n) is 2.97. The van der Waals surface area contributed by atoms with Gasteiger partial charge in [0.05, 0.1) is 0 Å². The van der Waals surface area contributed by atoms with Crippen LogP contribution in [0.25, 0.3) is 0 Å². The van der Waals surface area contributed by atoms with E-state index in [0.717, 1.165) is 32.2 Å². The zero-order valence-corrected chi connectivity index (χ0v) is 12.7. The largest absolute Gasteiger partial charge is 0.353 e. The minimum Gasteiger partial charge on any atom is -0.353 e. The van der Waals surface area contributed by atoms with E-state index in [1.807, 2.05) is 6.20 Å². The molecule has 1 aliphatic carbocycles. The SMILES string of the molecule is CCC1CN(c2ncccc2CNC2CC2)CCN1C. The third kappa shape index (κ3) is 3.13. The number of likely N-dealkylation sites (N-methyl/N-ethyl adjacent to an activating group) is 1. The maximum absolute atomic E-state index is 4.66. The summed E-state index contributed by atoms with van der Waals surface area (Å²) in [5.41, 5.74) is 1.35. The van der Waals surface area contributed by atoms with Crippen LogP contribution in [0.15, 0.2) is 18.3 Å². The van der Waals surface area contributed by atoms with Gasteiger partial charge in [-0.05, 0) is 32.4 Å². The molecular formula is C16H26N4. The molecular weight excluding hydrogens is 248 g/mol. The van der Waals surface area contributed by atoms with Crippen molar-refractivity contribution in [2.45, 2.75) is 44.8 Å². The minimum atomic E-state index is 0.648. The Hall–Kier alpha value is -1.13. The molecule has 2 fully saturated rings. The van der Waals surface area contributed by atoms with Gasteiger partial charge in [0, 0.05) is 50.0 Å². The molecule has 0 amide bonds. The lowest BCUT2D eigenvalue weighted by Gasteiger charge is -2.40. The van der Waals surface area contributed by atoms with Crippen molar-refractivity contribution in [3.05, 3.63) is 23.9 Å². The normalized spacial score (nSPS) is 24.1. The predicted octanol–water partition coefficient (Wildman–Crippen LogP) is 1.86. The number of aromatic nitrogens is 1. The van der Waals surface area contributed by atoms with Crippen molar-refractivity contribution in [2.75, 3.05) is 31.6 Å². The van der Waals surface area contributed by atoms with E-state index in [1.54, 1.807) is 0 Å². The molecule has 2 aliphatic rings. The first-order chi connectivity index (χ1) is 9.78. The van der Waals surface area contributed by atoms with Crippen LogP contribution in [-0.2, 0) is 6.54 Å². The van der Waals surface area contributed by atoms with Crippen molar-refractivity contribution < 1.29 is 0 Å². The Morgan fingerprint density at radius 3 is 2.95 bits per heavy atom. The zero-order valence-electron chi connectivity index (χ0n) is 12.7. The summed E-state index contributed by atoms with van der Waals surface area (Å²) in [6.07, 6.45) is 5.80. The van der Waals surface area contributed by atoms with E-state index in [9.17, 15) is 0 Å². The molecule has 1 N–H and O–H groups in total. The summed E-state index contributed by atoms with van der Waals surface area (Å²) >= 11 is 0. The van der Waals surface area contributed by atoms with Gasteiger partial charge >= 0.3 is 0 Å².